The number of aryl methyl sites for hydroxylation is 1. The van der Waals surface area contributed by atoms with Gasteiger partial charge in [-0.1, -0.05) is 0 Å². The van der Waals surface area contributed by atoms with Crippen LogP contribution in [-0.4, -0.2) is 14.1 Å². The summed E-state index contributed by atoms with van der Waals surface area (Å²) in [5.41, 5.74) is -0.735. The van der Waals surface area contributed by atoms with Crippen LogP contribution in [0.3, 0.4) is 0 Å². The fraction of sp³-hybridized carbons (Fsp3) is 0.500. The topological polar surface area (TPSA) is 67.5 Å². The SMILES string of the molecule is Cc1cc(O)c(S(=O)C(C)(C)C)c(=O)o1. The molecule has 1 heterocycles. The fourth-order valence-corrected chi connectivity index (χ4v) is 2.12. The van der Waals surface area contributed by atoms with Crippen LogP contribution in [0.2, 0.25) is 0 Å². The van der Waals surface area contributed by atoms with Crippen molar-refractivity contribution >= 4 is 10.8 Å². The Balaban J connectivity index is 3.40. The zero-order valence-corrected chi connectivity index (χ0v) is 9.97. The first kappa shape index (κ1) is 12.0. The van der Waals surface area contributed by atoms with E-state index in [9.17, 15) is 14.1 Å². The summed E-state index contributed by atoms with van der Waals surface area (Å²) in [5.74, 6) is 0.0316. The van der Waals surface area contributed by atoms with E-state index >= 15 is 0 Å². The van der Waals surface area contributed by atoms with E-state index in [0.717, 1.165) is 0 Å². The quantitative estimate of drug-likeness (QED) is 0.795. The molecule has 1 rings (SSSR count). The molecular formula is C10H14O4S. The van der Waals surface area contributed by atoms with E-state index in [-0.39, 0.29) is 10.6 Å². The summed E-state index contributed by atoms with van der Waals surface area (Å²) < 4.78 is 16.1. The summed E-state index contributed by atoms with van der Waals surface area (Å²) >= 11 is 0. The molecule has 0 aliphatic carbocycles. The third-order valence-corrected chi connectivity index (χ3v) is 3.61. The first-order chi connectivity index (χ1) is 6.73. The van der Waals surface area contributed by atoms with Gasteiger partial charge in [0.2, 0.25) is 0 Å². The first-order valence-electron chi connectivity index (χ1n) is 4.49. The van der Waals surface area contributed by atoms with Gasteiger partial charge in [-0.15, -0.1) is 0 Å². The van der Waals surface area contributed by atoms with E-state index in [1.54, 1.807) is 27.7 Å². The fourth-order valence-electron chi connectivity index (χ4n) is 1.06. The summed E-state index contributed by atoms with van der Waals surface area (Å²) in [6.45, 7) is 6.72. The van der Waals surface area contributed by atoms with Gasteiger partial charge >= 0.3 is 5.63 Å². The van der Waals surface area contributed by atoms with Gasteiger partial charge in [0.1, 0.15) is 11.5 Å². The number of rotatable bonds is 1. The van der Waals surface area contributed by atoms with Gasteiger partial charge in [0, 0.05) is 10.8 Å². The molecule has 4 nitrogen and oxygen atoms in total. The molecule has 0 radical (unpaired) electrons. The van der Waals surface area contributed by atoms with Crippen molar-refractivity contribution in [1.82, 2.24) is 0 Å². The van der Waals surface area contributed by atoms with Crippen LogP contribution in [0, 0.1) is 6.92 Å². The molecule has 15 heavy (non-hydrogen) atoms. The third-order valence-electron chi connectivity index (χ3n) is 1.75. The lowest BCUT2D eigenvalue weighted by molar-refractivity contribution is 0.409. The second-order valence-electron chi connectivity index (χ2n) is 4.24. The Morgan fingerprint density at radius 1 is 1.40 bits per heavy atom. The smallest absolute Gasteiger partial charge is 0.356 e. The maximum absolute atomic E-state index is 11.9. The van der Waals surface area contributed by atoms with Gasteiger partial charge in [-0.2, -0.15) is 0 Å². The Hall–Kier alpha value is -1.10. The van der Waals surface area contributed by atoms with E-state index in [4.69, 9.17) is 4.42 Å². The van der Waals surface area contributed by atoms with Gasteiger partial charge in [0.05, 0.1) is 10.8 Å². The van der Waals surface area contributed by atoms with Gasteiger partial charge in [-0.25, -0.2) is 4.79 Å². The van der Waals surface area contributed by atoms with Gasteiger partial charge in [0.15, 0.2) is 4.90 Å². The highest BCUT2D eigenvalue weighted by Gasteiger charge is 2.27. The zero-order chi connectivity index (χ0) is 11.8. The predicted molar refractivity (Wildman–Crippen MR) is 57.5 cm³/mol. The molecule has 1 N–H and O–H groups in total. The predicted octanol–water partition coefficient (Wildman–Crippen LogP) is 1.56. The Labute approximate surface area is 90.4 Å². The Kier molecular flexibility index (Phi) is 3.04. The van der Waals surface area contributed by atoms with Crippen molar-refractivity contribution in [2.75, 3.05) is 0 Å². The molecule has 5 heteroatoms. The second kappa shape index (κ2) is 3.81. The molecule has 0 amide bonds. The molecule has 0 aliphatic heterocycles. The summed E-state index contributed by atoms with van der Waals surface area (Å²) in [6, 6.07) is 1.29. The molecule has 0 saturated heterocycles. The average molecular weight is 230 g/mol. The molecule has 1 atom stereocenters. The molecule has 0 aromatic carbocycles. The Morgan fingerprint density at radius 3 is 2.33 bits per heavy atom. The van der Waals surface area contributed by atoms with Crippen molar-refractivity contribution in [3.05, 3.63) is 22.2 Å². The summed E-state index contributed by atoms with van der Waals surface area (Å²) in [6.07, 6.45) is 0. The van der Waals surface area contributed by atoms with Crippen molar-refractivity contribution in [3.8, 4) is 5.75 Å². The van der Waals surface area contributed by atoms with Crippen molar-refractivity contribution in [2.24, 2.45) is 0 Å². The molecule has 1 aromatic rings. The van der Waals surface area contributed by atoms with Gasteiger partial charge in [-0.05, 0) is 27.7 Å². The second-order valence-corrected chi connectivity index (χ2v) is 6.41. The van der Waals surface area contributed by atoms with E-state index in [1.165, 1.54) is 6.07 Å². The van der Waals surface area contributed by atoms with E-state index in [1.807, 2.05) is 0 Å². The van der Waals surface area contributed by atoms with Crippen molar-refractivity contribution < 1.29 is 13.7 Å². The average Bonchev–Trinajstić information content (AvgIpc) is 1.99. The van der Waals surface area contributed by atoms with Crippen molar-refractivity contribution in [2.45, 2.75) is 37.3 Å². The Bertz CT molecular complexity index is 453. The van der Waals surface area contributed by atoms with E-state index < -0.39 is 21.2 Å². The zero-order valence-electron chi connectivity index (χ0n) is 9.16. The molecule has 1 aromatic heterocycles. The third kappa shape index (κ3) is 2.47. The molecule has 84 valence electrons. The van der Waals surface area contributed by atoms with Crippen LogP contribution < -0.4 is 5.63 Å². The van der Waals surface area contributed by atoms with Crippen LogP contribution in [0.15, 0.2) is 20.2 Å². The number of hydrogen-bond acceptors (Lipinski definition) is 4. The van der Waals surface area contributed by atoms with E-state index in [2.05, 4.69) is 0 Å². The first-order valence-corrected chi connectivity index (χ1v) is 5.64. The summed E-state index contributed by atoms with van der Waals surface area (Å²) in [4.78, 5) is 11.3. The minimum Gasteiger partial charge on any atom is -0.506 e. The van der Waals surface area contributed by atoms with Crippen LogP contribution in [0.25, 0.3) is 0 Å². The lowest BCUT2D eigenvalue weighted by Crippen LogP contribution is -2.26. The van der Waals surface area contributed by atoms with Crippen LogP contribution in [0.4, 0.5) is 0 Å². The minimum absolute atomic E-state index is 0.159. The largest absolute Gasteiger partial charge is 0.506 e. The number of hydrogen-bond donors (Lipinski definition) is 1. The molecule has 0 saturated carbocycles. The highest BCUT2D eigenvalue weighted by atomic mass is 32.2. The van der Waals surface area contributed by atoms with Crippen LogP contribution in [-0.2, 0) is 10.8 Å². The molecule has 0 aliphatic rings. The molecule has 0 bridgehead atoms. The standard InChI is InChI=1S/C10H14O4S/c1-6-5-7(11)8(9(12)14-6)15(13)10(2,3)4/h5,11H,1-4H3. The Morgan fingerprint density at radius 2 is 1.93 bits per heavy atom. The minimum atomic E-state index is -1.59. The number of aromatic hydroxyl groups is 1. The molecular weight excluding hydrogens is 216 g/mol. The summed E-state index contributed by atoms with van der Waals surface area (Å²) in [5, 5.41) is 9.55. The highest BCUT2D eigenvalue weighted by molar-refractivity contribution is 7.86. The molecule has 0 spiro atoms. The normalized spacial score (nSPS) is 13.9. The maximum atomic E-state index is 11.9. The van der Waals surface area contributed by atoms with Gasteiger partial charge < -0.3 is 9.52 Å². The monoisotopic (exact) mass is 230 g/mol. The maximum Gasteiger partial charge on any atom is 0.356 e. The lowest BCUT2D eigenvalue weighted by atomic mass is 10.3. The van der Waals surface area contributed by atoms with Gasteiger partial charge in [-0.3, -0.25) is 4.21 Å². The molecule has 1 unspecified atom stereocenters. The van der Waals surface area contributed by atoms with Crippen molar-refractivity contribution in [3.63, 3.8) is 0 Å². The van der Waals surface area contributed by atoms with Crippen LogP contribution in [0.5, 0.6) is 5.75 Å². The van der Waals surface area contributed by atoms with Gasteiger partial charge in [0.25, 0.3) is 0 Å². The van der Waals surface area contributed by atoms with E-state index in [0.29, 0.717) is 5.76 Å². The van der Waals surface area contributed by atoms with Crippen LogP contribution >= 0.6 is 0 Å². The molecule has 0 fully saturated rings. The summed E-state index contributed by atoms with van der Waals surface area (Å²) in [7, 11) is -1.59. The lowest BCUT2D eigenvalue weighted by Gasteiger charge is -2.17. The van der Waals surface area contributed by atoms with Crippen LogP contribution in [0.1, 0.15) is 26.5 Å². The van der Waals surface area contributed by atoms with Crippen molar-refractivity contribution in [1.29, 1.82) is 0 Å². The highest BCUT2D eigenvalue weighted by Crippen LogP contribution is 2.25.